The van der Waals surface area contributed by atoms with Crippen LogP contribution < -0.4 is 4.90 Å². The van der Waals surface area contributed by atoms with E-state index in [0.29, 0.717) is 34.6 Å². The highest BCUT2D eigenvalue weighted by Crippen LogP contribution is 2.52. The molecule has 0 unspecified atom stereocenters. The van der Waals surface area contributed by atoms with Gasteiger partial charge in [-0.3, -0.25) is 4.79 Å². The van der Waals surface area contributed by atoms with E-state index >= 15 is 0 Å². The molecule has 6 heteroatoms. The van der Waals surface area contributed by atoms with Gasteiger partial charge in [0.05, 0.1) is 12.2 Å². The highest BCUT2D eigenvalue weighted by molar-refractivity contribution is 6.13. The van der Waals surface area contributed by atoms with Crippen molar-refractivity contribution in [1.82, 2.24) is 5.16 Å². The molecule has 36 heavy (non-hydrogen) atoms. The van der Waals surface area contributed by atoms with Gasteiger partial charge in [0.25, 0.3) is 0 Å². The molecule has 5 rings (SSSR count). The molecule has 2 N–H and O–H groups in total. The monoisotopic (exact) mass is 482 g/mol. The van der Waals surface area contributed by atoms with Crippen molar-refractivity contribution in [2.75, 3.05) is 4.90 Å². The Morgan fingerprint density at radius 1 is 0.833 bits per heavy atom. The van der Waals surface area contributed by atoms with Crippen molar-refractivity contribution in [3.63, 3.8) is 0 Å². The smallest absolute Gasteiger partial charge is 0.247 e. The molecule has 3 aromatic carbocycles. The maximum Gasteiger partial charge on any atom is 0.247 e. The summed E-state index contributed by atoms with van der Waals surface area (Å²) in [5.74, 6) is 1.03. The van der Waals surface area contributed by atoms with E-state index in [9.17, 15) is 15.0 Å². The topological polar surface area (TPSA) is 86.8 Å². The zero-order chi connectivity index (χ0) is 25.9. The van der Waals surface area contributed by atoms with Crippen LogP contribution >= 0.6 is 0 Å². The second-order valence-corrected chi connectivity index (χ2v) is 9.88. The number of carbonyl (C=O) groups is 1. The minimum Gasteiger partial charge on any atom is -0.507 e. The summed E-state index contributed by atoms with van der Waals surface area (Å²) in [6.07, 6.45) is 0. The summed E-state index contributed by atoms with van der Waals surface area (Å²) in [6.45, 7) is 11.4. The summed E-state index contributed by atoms with van der Waals surface area (Å²) in [5.41, 5.74) is 6.49. The van der Waals surface area contributed by atoms with Gasteiger partial charge in [0.2, 0.25) is 5.91 Å². The van der Waals surface area contributed by atoms with Crippen LogP contribution in [0.4, 0.5) is 5.69 Å². The molecule has 0 aliphatic carbocycles. The van der Waals surface area contributed by atoms with E-state index in [1.54, 1.807) is 4.90 Å². The van der Waals surface area contributed by atoms with Crippen molar-refractivity contribution in [3.8, 4) is 11.5 Å². The molecular formula is C30H30N2O4. The van der Waals surface area contributed by atoms with Crippen LogP contribution in [-0.4, -0.2) is 21.3 Å². The lowest BCUT2D eigenvalue weighted by atomic mass is 9.69. The van der Waals surface area contributed by atoms with Crippen molar-refractivity contribution in [1.29, 1.82) is 0 Å². The van der Waals surface area contributed by atoms with Gasteiger partial charge < -0.3 is 19.6 Å². The average Bonchev–Trinajstić information content (AvgIpc) is 3.29. The lowest BCUT2D eigenvalue weighted by molar-refractivity contribution is -0.120. The molecule has 0 atom stereocenters. The fourth-order valence-corrected chi connectivity index (χ4v) is 5.57. The van der Waals surface area contributed by atoms with Crippen LogP contribution in [0.3, 0.4) is 0 Å². The first kappa shape index (κ1) is 23.7. The second kappa shape index (κ2) is 8.26. The number of aryl methyl sites for hydroxylation is 6. The van der Waals surface area contributed by atoms with E-state index < -0.39 is 5.41 Å². The number of phenolic OH excluding ortho intramolecular Hbond substituents is 2. The van der Waals surface area contributed by atoms with Crippen molar-refractivity contribution < 1.29 is 19.5 Å². The van der Waals surface area contributed by atoms with Gasteiger partial charge in [0.15, 0.2) is 0 Å². The van der Waals surface area contributed by atoms with Crippen LogP contribution in [0, 0.1) is 41.5 Å². The van der Waals surface area contributed by atoms with E-state index in [4.69, 9.17) is 4.52 Å². The first-order valence-electron chi connectivity index (χ1n) is 12.0. The Balaban J connectivity index is 1.85. The van der Waals surface area contributed by atoms with Gasteiger partial charge in [-0.2, -0.15) is 0 Å². The van der Waals surface area contributed by atoms with Crippen molar-refractivity contribution in [3.05, 3.63) is 104 Å². The molecule has 0 saturated heterocycles. The Morgan fingerprint density at radius 2 is 1.33 bits per heavy atom. The van der Waals surface area contributed by atoms with Crippen LogP contribution in [0.25, 0.3) is 0 Å². The number of para-hydroxylation sites is 1. The summed E-state index contributed by atoms with van der Waals surface area (Å²) in [5, 5.41) is 25.2. The van der Waals surface area contributed by atoms with Gasteiger partial charge >= 0.3 is 0 Å². The molecule has 6 nitrogen and oxygen atoms in total. The molecule has 1 aliphatic rings. The lowest BCUT2D eigenvalue weighted by Crippen LogP contribution is -2.42. The van der Waals surface area contributed by atoms with Gasteiger partial charge in [-0.05, 0) is 81.0 Å². The van der Waals surface area contributed by atoms with E-state index in [0.717, 1.165) is 33.6 Å². The number of nitrogens with zero attached hydrogens (tertiary/aromatic N) is 2. The minimum absolute atomic E-state index is 0.0994. The average molecular weight is 483 g/mol. The van der Waals surface area contributed by atoms with E-state index in [1.165, 1.54) is 0 Å². The number of fused-ring (bicyclic) bond motifs is 1. The van der Waals surface area contributed by atoms with Gasteiger partial charge in [-0.15, -0.1) is 0 Å². The number of amides is 1. The standard InChI is InChI=1S/C30H30N2O4/c1-16-11-22(12-17(2)27(16)33)30(23-13-18(3)28(34)19(4)14-23)25-9-7-8-10-26(25)32(29(30)35)15-24-20(5)31-36-21(24)6/h7-14,33-34H,15H2,1-6H3. The number of anilines is 1. The fourth-order valence-electron chi connectivity index (χ4n) is 5.57. The quantitative estimate of drug-likeness (QED) is 0.383. The molecule has 0 spiro atoms. The van der Waals surface area contributed by atoms with Gasteiger partial charge in [0.1, 0.15) is 22.7 Å². The third-order valence-electron chi connectivity index (χ3n) is 7.51. The maximum absolute atomic E-state index is 14.8. The van der Waals surface area contributed by atoms with Gasteiger partial charge in [-0.1, -0.05) is 47.6 Å². The first-order chi connectivity index (χ1) is 17.1. The van der Waals surface area contributed by atoms with Crippen molar-refractivity contribution in [2.24, 2.45) is 0 Å². The Bertz CT molecular complexity index is 1410. The highest BCUT2D eigenvalue weighted by atomic mass is 16.5. The van der Waals surface area contributed by atoms with Gasteiger partial charge in [-0.25, -0.2) is 0 Å². The predicted octanol–water partition coefficient (Wildman–Crippen LogP) is 5.82. The summed E-state index contributed by atoms with van der Waals surface area (Å²) in [4.78, 5) is 16.6. The number of aromatic hydroxyl groups is 2. The first-order valence-corrected chi connectivity index (χ1v) is 12.0. The Morgan fingerprint density at radius 3 is 1.81 bits per heavy atom. The normalized spacial score (nSPS) is 14.4. The van der Waals surface area contributed by atoms with Crippen LogP contribution in [0.1, 0.15) is 56.0 Å². The predicted molar refractivity (Wildman–Crippen MR) is 139 cm³/mol. The SMILES string of the molecule is Cc1cc(C2(c3cc(C)c(O)c(C)c3)C(=O)N(Cc3c(C)noc3C)c3ccccc32)cc(C)c1O. The minimum atomic E-state index is -1.16. The molecule has 2 heterocycles. The number of benzene rings is 3. The van der Waals surface area contributed by atoms with E-state index in [1.807, 2.05) is 90.1 Å². The van der Waals surface area contributed by atoms with Crippen LogP contribution in [-0.2, 0) is 16.8 Å². The molecule has 1 aliphatic heterocycles. The van der Waals surface area contributed by atoms with Crippen molar-refractivity contribution >= 4 is 11.6 Å². The zero-order valence-corrected chi connectivity index (χ0v) is 21.4. The number of aromatic nitrogens is 1. The molecule has 0 fully saturated rings. The van der Waals surface area contributed by atoms with E-state index in [-0.39, 0.29) is 17.4 Å². The van der Waals surface area contributed by atoms with Gasteiger partial charge in [0, 0.05) is 16.8 Å². The number of hydrogen-bond donors (Lipinski definition) is 2. The molecule has 0 bridgehead atoms. The van der Waals surface area contributed by atoms with Crippen LogP contribution in [0.15, 0.2) is 53.1 Å². The van der Waals surface area contributed by atoms with E-state index in [2.05, 4.69) is 5.16 Å². The summed E-state index contributed by atoms with van der Waals surface area (Å²) < 4.78 is 5.40. The molecule has 0 radical (unpaired) electrons. The largest absolute Gasteiger partial charge is 0.507 e. The lowest BCUT2D eigenvalue weighted by Gasteiger charge is -2.32. The second-order valence-electron chi connectivity index (χ2n) is 9.88. The summed E-state index contributed by atoms with van der Waals surface area (Å²) in [6, 6.07) is 15.4. The number of carbonyl (C=O) groups excluding carboxylic acids is 1. The third-order valence-corrected chi connectivity index (χ3v) is 7.51. The Kier molecular flexibility index (Phi) is 5.43. The summed E-state index contributed by atoms with van der Waals surface area (Å²) >= 11 is 0. The number of rotatable bonds is 4. The van der Waals surface area contributed by atoms with Crippen LogP contribution in [0.5, 0.6) is 11.5 Å². The third kappa shape index (κ3) is 3.24. The summed E-state index contributed by atoms with van der Waals surface area (Å²) in [7, 11) is 0. The molecule has 0 saturated carbocycles. The molecule has 1 amide bonds. The maximum atomic E-state index is 14.8. The molecular weight excluding hydrogens is 452 g/mol. The number of phenols is 2. The fraction of sp³-hybridized carbons (Fsp3) is 0.267. The highest BCUT2D eigenvalue weighted by Gasteiger charge is 2.54. The Labute approximate surface area is 210 Å². The number of hydrogen-bond acceptors (Lipinski definition) is 5. The molecule has 4 aromatic rings. The van der Waals surface area contributed by atoms with Crippen molar-refractivity contribution in [2.45, 2.75) is 53.5 Å². The van der Waals surface area contributed by atoms with Crippen LogP contribution in [0.2, 0.25) is 0 Å². The zero-order valence-electron chi connectivity index (χ0n) is 21.4. The molecule has 1 aromatic heterocycles. The Hall–Kier alpha value is -4.06. The molecule has 184 valence electrons.